The molecular formula is C13H13NO2. The first-order valence-electron chi connectivity index (χ1n) is 5.18. The zero-order valence-corrected chi connectivity index (χ0v) is 9.33. The normalized spacial score (nSPS) is 10.6. The van der Waals surface area contributed by atoms with Gasteiger partial charge in [0.05, 0.1) is 0 Å². The molecule has 0 atom stereocenters. The van der Waals surface area contributed by atoms with Crippen molar-refractivity contribution >= 4 is 16.7 Å². The van der Waals surface area contributed by atoms with Crippen molar-refractivity contribution in [3.63, 3.8) is 0 Å². The second-order valence-electron chi connectivity index (χ2n) is 4.09. The zero-order valence-electron chi connectivity index (χ0n) is 9.33. The highest BCUT2D eigenvalue weighted by Gasteiger charge is 2.05. The number of ketones is 1. The first-order chi connectivity index (χ1) is 7.56. The van der Waals surface area contributed by atoms with E-state index in [2.05, 4.69) is 4.98 Å². The van der Waals surface area contributed by atoms with Crippen LogP contribution in [0.5, 0.6) is 0 Å². The highest BCUT2D eigenvalue weighted by molar-refractivity contribution is 5.82. The molecular weight excluding hydrogens is 202 g/mol. The third-order valence-corrected chi connectivity index (χ3v) is 2.52. The Bertz CT molecular complexity index is 611. The van der Waals surface area contributed by atoms with Crippen molar-refractivity contribution < 1.29 is 4.79 Å². The number of aryl methyl sites for hydroxylation is 1. The minimum absolute atomic E-state index is 0.00231. The number of carbonyl (C=O) groups is 1. The number of hydrogen-bond acceptors (Lipinski definition) is 2. The second kappa shape index (κ2) is 3.93. The molecule has 3 nitrogen and oxygen atoms in total. The van der Waals surface area contributed by atoms with Crippen molar-refractivity contribution in [2.75, 3.05) is 0 Å². The maximum atomic E-state index is 11.6. The van der Waals surface area contributed by atoms with E-state index in [0.29, 0.717) is 5.56 Å². The average Bonchev–Trinajstić information content (AvgIpc) is 2.19. The number of pyridine rings is 1. The summed E-state index contributed by atoms with van der Waals surface area (Å²) in [7, 11) is 0. The molecule has 2 aromatic rings. The van der Waals surface area contributed by atoms with Crippen LogP contribution in [0.3, 0.4) is 0 Å². The van der Waals surface area contributed by atoms with E-state index in [1.807, 2.05) is 25.1 Å². The Morgan fingerprint density at radius 1 is 1.31 bits per heavy atom. The number of fused-ring (bicyclic) bond motifs is 1. The SMILES string of the molecule is CC(=O)Cc1cc2cc(C)ccc2[nH]c1=O. The second-order valence-corrected chi connectivity index (χ2v) is 4.09. The van der Waals surface area contributed by atoms with Gasteiger partial charge < -0.3 is 4.98 Å². The lowest BCUT2D eigenvalue weighted by atomic mass is 10.1. The quantitative estimate of drug-likeness (QED) is 0.832. The van der Waals surface area contributed by atoms with Crippen LogP contribution in [0.4, 0.5) is 0 Å². The molecule has 0 bridgehead atoms. The maximum Gasteiger partial charge on any atom is 0.252 e. The predicted molar refractivity (Wildman–Crippen MR) is 63.7 cm³/mol. The molecule has 0 aliphatic rings. The number of hydrogen-bond donors (Lipinski definition) is 1. The summed E-state index contributed by atoms with van der Waals surface area (Å²) in [5.74, 6) is -0.00231. The Morgan fingerprint density at radius 3 is 2.75 bits per heavy atom. The van der Waals surface area contributed by atoms with Gasteiger partial charge in [0.2, 0.25) is 0 Å². The molecule has 0 amide bonds. The minimum atomic E-state index is -0.174. The summed E-state index contributed by atoms with van der Waals surface area (Å²) < 4.78 is 0. The summed E-state index contributed by atoms with van der Waals surface area (Å²) in [6, 6.07) is 7.62. The maximum absolute atomic E-state index is 11.6. The summed E-state index contributed by atoms with van der Waals surface area (Å²) in [5.41, 5.74) is 2.30. The summed E-state index contributed by atoms with van der Waals surface area (Å²) >= 11 is 0. The molecule has 3 heteroatoms. The molecule has 1 aromatic carbocycles. The van der Waals surface area contributed by atoms with Crippen molar-refractivity contribution in [3.8, 4) is 0 Å². The molecule has 0 spiro atoms. The van der Waals surface area contributed by atoms with Crippen LogP contribution < -0.4 is 5.56 Å². The number of aromatic nitrogens is 1. The number of nitrogens with one attached hydrogen (secondary N) is 1. The molecule has 0 saturated heterocycles. The van der Waals surface area contributed by atoms with E-state index in [4.69, 9.17) is 0 Å². The van der Waals surface area contributed by atoms with Gasteiger partial charge in [-0.05, 0) is 37.4 Å². The van der Waals surface area contributed by atoms with Gasteiger partial charge in [-0.3, -0.25) is 9.59 Å². The van der Waals surface area contributed by atoms with Crippen LogP contribution in [0.1, 0.15) is 18.1 Å². The Balaban J connectivity index is 2.64. The Labute approximate surface area is 93.1 Å². The molecule has 0 aliphatic heterocycles. The van der Waals surface area contributed by atoms with Crippen molar-refractivity contribution in [1.82, 2.24) is 4.98 Å². The first kappa shape index (κ1) is 10.6. The van der Waals surface area contributed by atoms with Crippen molar-refractivity contribution in [2.45, 2.75) is 20.3 Å². The fourth-order valence-electron chi connectivity index (χ4n) is 1.77. The summed E-state index contributed by atoms with van der Waals surface area (Å²) in [6.45, 7) is 3.48. The number of H-pyrrole nitrogens is 1. The van der Waals surface area contributed by atoms with Gasteiger partial charge in [0.1, 0.15) is 5.78 Å². The van der Waals surface area contributed by atoms with E-state index < -0.39 is 0 Å². The van der Waals surface area contributed by atoms with Crippen LogP contribution in [-0.2, 0) is 11.2 Å². The van der Waals surface area contributed by atoms with Gasteiger partial charge in [0.25, 0.3) is 5.56 Å². The molecule has 0 saturated carbocycles. The minimum Gasteiger partial charge on any atom is -0.322 e. The highest BCUT2D eigenvalue weighted by Crippen LogP contribution is 2.13. The molecule has 16 heavy (non-hydrogen) atoms. The average molecular weight is 215 g/mol. The molecule has 0 unspecified atom stereocenters. The van der Waals surface area contributed by atoms with E-state index in [-0.39, 0.29) is 17.8 Å². The molecule has 2 rings (SSSR count). The number of aromatic amines is 1. The molecule has 82 valence electrons. The Morgan fingerprint density at radius 2 is 2.06 bits per heavy atom. The topological polar surface area (TPSA) is 49.9 Å². The number of rotatable bonds is 2. The Kier molecular flexibility index (Phi) is 2.60. The first-order valence-corrected chi connectivity index (χ1v) is 5.18. The van der Waals surface area contributed by atoms with E-state index >= 15 is 0 Å². The highest BCUT2D eigenvalue weighted by atomic mass is 16.1. The fourth-order valence-corrected chi connectivity index (χ4v) is 1.77. The predicted octanol–water partition coefficient (Wildman–Crippen LogP) is 1.97. The van der Waals surface area contributed by atoms with E-state index in [1.165, 1.54) is 6.92 Å². The van der Waals surface area contributed by atoms with Gasteiger partial charge in [0.15, 0.2) is 0 Å². The van der Waals surface area contributed by atoms with Crippen LogP contribution in [0.2, 0.25) is 0 Å². The van der Waals surface area contributed by atoms with E-state index in [1.54, 1.807) is 6.07 Å². The Hall–Kier alpha value is -1.90. The lowest BCUT2D eigenvalue weighted by molar-refractivity contribution is -0.116. The van der Waals surface area contributed by atoms with Crippen molar-refractivity contribution in [3.05, 3.63) is 45.7 Å². The van der Waals surface area contributed by atoms with E-state index in [9.17, 15) is 9.59 Å². The van der Waals surface area contributed by atoms with Crippen LogP contribution in [-0.4, -0.2) is 10.8 Å². The third kappa shape index (κ3) is 2.03. The van der Waals surface area contributed by atoms with Crippen molar-refractivity contribution in [2.24, 2.45) is 0 Å². The van der Waals surface area contributed by atoms with Crippen LogP contribution in [0.25, 0.3) is 10.9 Å². The molecule has 1 heterocycles. The number of Topliss-reactive ketones (excluding diaryl/α,β-unsaturated/α-hetero) is 1. The van der Waals surface area contributed by atoms with Crippen LogP contribution in [0, 0.1) is 6.92 Å². The van der Waals surface area contributed by atoms with Gasteiger partial charge in [-0.15, -0.1) is 0 Å². The summed E-state index contributed by atoms with van der Waals surface area (Å²) in [4.78, 5) is 25.4. The molecule has 1 N–H and O–H groups in total. The van der Waals surface area contributed by atoms with Gasteiger partial charge in [-0.25, -0.2) is 0 Å². The molecule has 0 aliphatic carbocycles. The lowest BCUT2D eigenvalue weighted by Crippen LogP contribution is -2.14. The van der Waals surface area contributed by atoms with Gasteiger partial charge in [0, 0.05) is 17.5 Å². The van der Waals surface area contributed by atoms with Gasteiger partial charge in [-0.1, -0.05) is 11.6 Å². The van der Waals surface area contributed by atoms with E-state index in [0.717, 1.165) is 16.5 Å². The number of carbonyl (C=O) groups excluding carboxylic acids is 1. The smallest absolute Gasteiger partial charge is 0.252 e. The molecule has 1 aromatic heterocycles. The third-order valence-electron chi connectivity index (χ3n) is 2.52. The standard InChI is InChI=1S/C13H13NO2/c1-8-3-4-12-10(5-8)7-11(6-9(2)15)13(16)14-12/h3-5,7H,6H2,1-2H3,(H,14,16). The van der Waals surface area contributed by atoms with Crippen LogP contribution in [0.15, 0.2) is 29.1 Å². The summed E-state index contributed by atoms with van der Waals surface area (Å²) in [5, 5.41) is 0.968. The van der Waals surface area contributed by atoms with Crippen molar-refractivity contribution in [1.29, 1.82) is 0 Å². The monoisotopic (exact) mass is 215 g/mol. The lowest BCUT2D eigenvalue weighted by Gasteiger charge is -2.02. The number of benzene rings is 1. The molecule has 0 fully saturated rings. The summed E-state index contributed by atoms with van der Waals surface area (Å²) in [6.07, 6.45) is 0.194. The van der Waals surface area contributed by atoms with Crippen LogP contribution >= 0.6 is 0 Å². The fraction of sp³-hybridized carbons (Fsp3) is 0.231. The van der Waals surface area contributed by atoms with Gasteiger partial charge >= 0.3 is 0 Å². The zero-order chi connectivity index (χ0) is 11.7. The largest absolute Gasteiger partial charge is 0.322 e. The molecule has 0 radical (unpaired) electrons. The van der Waals surface area contributed by atoms with Gasteiger partial charge in [-0.2, -0.15) is 0 Å².